The third-order valence-electron chi connectivity index (χ3n) is 5.51. The maximum Gasteiger partial charge on any atom is 0.351 e. The topological polar surface area (TPSA) is 81.3 Å². The van der Waals surface area contributed by atoms with E-state index in [9.17, 15) is 9.59 Å². The molecule has 7 heteroatoms. The Labute approximate surface area is 167 Å². The van der Waals surface area contributed by atoms with Gasteiger partial charge in [0, 0.05) is 17.0 Å². The van der Waals surface area contributed by atoms with Gasteiger partial charge in [0.15, 0.2) is 11.5 Å². The van der Waals surface area contributed by atoms with Crippen LogP contribution in [0, 0.1) is 0 Å². The van der Waals surface area contributed by atoms with Gasteiger partial charge in [0.25, 0.3) is 0 Å². The van der Waals surface area contributed by atoms with E-state index in [0.29, 0.717) is 17.0 Å². The van der Waals surface area contributed by atoms with Gasteiger partial charge < -0.3 is 5.32 Å². The molecule has 0 radical (unpaired) electrons. The van der Waals surface area contributed by atoms with Gasteiger partial charge >= 0.3 is 5.69 Å². The smallest absolute Gasteiger partial charge is 0.351 e. The van der Waals surface area contributed by atoms with Crippen LogP contribution in [0.25, 0.3) is 27.9 Å². The maximum absolute atomic E-state index is 13.2. The second-order valence-electron chi connectivity index (χ2n) is 7.47. The highest BCUT2D eigenvalue weighted by Crippen LogP contribution is 2.21. The van der Waals surface area contributed by atoms with Gasteiger partial charge in [-0.05, 0) is 25.0 Å². The molecule has 1 aliphatic carbocycles. The van der Waals surface area contributed by atoms with E-state index in [1.165, 1.54) is 9.08 Å². The summed E-state index contributed by atoms with van der Waals surface area (Å²) in [5.74, 6) is 0.341. The number of rotatable bonds is 4. The fourth-order valence-corrected chi connectivity index (χ4v) is 4.08. The van der Waals surface area contributed by atoms with Crippen LogP contribution in [0.4, 0.5) is 0 Å². The quantitative estimate of drug-likeness (QED) is 0.584. The Morgan fingerprint density at radius 1 is 1.03 bits per heavy atom. The van der Waals surface area contributed by atoms with Crippen molar-refractivity contribution in [2.45, 2.75) is 38.3 Å². The van der Waals surface area contributed by atoms with E-state index >= 15 is 0 Å². The first-order valence-corrected chi connectivity index (χ1v) is 9.94. The van der Waals surface area contributed by atoms with Crippen molar-refractivity contribution < 1.29 is 4.79 Å². The molecular weight excluding hydrogens is 366 g/mol. The van der Waals surface area contributed by atoms with E-state index in [1.54, 1.807) is 0 Å². The van der Waals surface area contributed by atoms with Crippen LogP contribution in [0.15, 0.2) is 59.4 Å². The second kappa shape index (κ2) is 7.16. The first-order chi connectivity index (χ1) is 14.2. The number of para-hydroxylation sites is 1. The summed E-state index contributed by atoms with van der Waals surface area (Å²) in [6.45, 7) is -0.0354. The fourth-order valence-electron chi connectivity index (χ4n) is 4.08. The van der Waals surface area contributed by atoms with E-state index in [-0.39, 0.29) is 24.2 Å². The lowest BCUT2D eigenvalue weighted by Gasteiger charge is -2.14. The normalized spacial score (nSPS) is 14.6. The largest absolute Gasteiger partial charge is 0.352 e. The van der Waals surface area contributed by atoms with Gasteiger partial charge in [-0.2, -0.15) is 4.52 Å². The summed E-state index contributed by atoms with van der Waals surface area (Å²) < 4.78 is 2.78. The van der Waals surface area contributed by atoms with E-state index in [1.807, 2.05) is 54.6 Å². The molecule has 0 bridgehead atoms. The third-order valence-corrected chi connectivity index (χ3v) is 5.51. The number of hydrogen-bond acceptors (Lipinski definition) is 4. The van der Waals surface area contributed by atoms with E-state index in [4.69, 9.17) is 0 Å². The SMILES string of the molecule is O=C(Cn1c(=O)n2nc(-c3ccccc3)nc2c2ccccc21)NC1CCCC1. The Hall–Kier alpha value is -3.48. The van der Waals surface area contributed by atoms with Gasteiger partial charge in [0.1, 0.15) is 6.54 Å². The number of nitrogens with zero attached hydrogens (tertiary/aromatic N) is 4. The predicted octanol–water partition coefficient (Wildman–Crippen LogP) is 2.77. The zero-order valence-electron chi connectivity index (χ0n) is 15.9. The zero-order valence-corrected chi connectivity index (χ0v) is 15.9. The minimum Gasteiger partial charge on any atom is -0.352 e. The lowest BCUT2D eigenvalue weighted by molar-refractivity contribution is -0.122. The maximum atomic E-state index is 13.2. The average Bonchev–Trinajstić information content (AvgIpc) is 3.42. The van der Waals surface area contributed by atoms with Gasteiger partial charge in [-0.25, -0.2) is 9.78 Å². The molecule has 146 valence electrons. The van der Waals surface area contributed by atoms with Crippen LogP contribution in [0.5, 0.6) is 0 Å². The van der Waals surface area contributed by atoms with E-state index in [0.717, 1.165) is 36.6 Å². The van der Waals surface area contributed by atoms with Crippen LogP contribution in [-0.2, 0) is 11.3 Å². The molecule has 0 atom stereocenters. The van der Waals surface area contributed by atoms with Crippen molar-refractivity contribution in [1.29, 1.82) is 0 Å². The number of nitrogens with one attached hydrogen (secondary N) is 1. The number of hydrogen-bond donors (Lipinski definition) is 1. The average molecular weight is 387 g/mol. The molecule has 1 amide bonds. The van der Waals surface area contributed by atoms with Crippen molar-refractivity contribution in [2.24, 2.45) is 0 Å². The molecule has 5 rings (SSSR count). The molecule has 2 aromatic heterocycles. The highest BCUT2D eigenvalue weighted by atomic mass is 16.2. The minimum absolute atomic E-state index is 0.0354. The monoisotopic (exact) mass is 387 g/mol. The molecular formula is C22H21N5O2. The number of benzene rings is 2. The van der Waals surface area contributed by atoms with Crippen molar-refractivity contribution in [3.63, 3.8) is 0 Å². The molecule has 0 aliphatic heterocycles. The van der Waals surface area contributed by atoms with Crippen molar-refractivity contribution in [2.75, 3.05) is 0 Å². The number of amides is 1. The second-order valence-corrected chi connectivity index (χ2v) is 7.47. The van der Waals surface area contributed by atoms with Crippen LogP contribution in [0.1, 0.15) is 25.7 Å². The molecule has 1 aliphatic rings. The van der Waals surface area contributed by atoms with Crippen molar-refractivity contribution >= 4 is 22.5 Å². The van der Waals surface area contributed by atoms with Gasteiger partial charge in [-0.15, -0.1) is 5.10 Å². The number of carbonyl (C=O) groups is 1. The van der Waals surface area contributed by atoms with E-state index in [2.05, 4.69) is 15.4 Å². The summed E-state index contributed by atoms with van der Waals surface area (Å²) in [5.41, 5.74) is 1.65. The molecule has 7 nitrogen and oxygen atoms in total. The van der Waals surface area contributed by atoms with E-state index < -0.39 is 0 Å². The lowest BCUT2D eigenvalue weighted by Crippen LogP contribution is -2.39. The van der Waals surface area contributed by atoms with Crippen molar-refractivity contribution in [3.8, 4) is 11.4 Å². The molecule has 1 N–H and O–H groups in total. The predicted molar refractivity (Wildman–Crippen MR) is 111 cm³/mol. The molecule has 29 heavy (non-hydrogen) atoms. The molecule has 1 fully saturated rings. The van der Waals surface area contributed by atoms with Crippen LogP contribution in [0.3, 0.4) is 0 Å². The summed E-state index contributed by atoms with van der Waals surface area (Å²) in [6, 6.07) is 17.3. The Bertz CT molecular complexity index is 1250. The summed E-state index contributed by atoms with van der Waals surface area (Å²) in [7, 11) is 0. The molecule has 2 heterocycles. The molecule has 0 spiro atoms. The van der Waals surface area contributed by atoms with Crippen LogP contribution in [-0.4, -0.2) is 31.1 Å². The number of aromatic nitrogens is 4. The molecule has 0 saturated heterocycles. The Kier molecular flexibility index (Phi) is 4.35. The fraction of sp³-hybridized carbons (Fsp3) is 0.273. The first kappa shape index (κ1) is 17.6. The zero-order chi connectivity index (χ0) is 19.8. The number of carbonyl (C=O) groups excluding carboxylic acids is 1. The lowest BCUT2D eigenvalue weighted by atomic mass is 10.2. The van der Waals surface area contributed by atoms with Gasteiger partial charge in [0.2, 0.25) is 5.91 Å². The summed E-state index contributed by atoms with van der Waals surface area (Å²) in [6.07, 6.45) is 4.29. The van der Waals surface area contributed by atoms with Gasteiger partial charge in [0.05, 0.1) is 5.52 Å². The minimum atomic E-state index is -0.366. The molecule has 0 unspecified atom stereocenters. The molecule has 1 saturated carbocycles. The summed E-state index contributed by atoms with van der Waals surface area (Å²) in [4.78, 5) is 30.4. The van der Waals surface area contributed by atoms with Gasteiger partial charge in [-0.3, -0.25) is 9.36 Å². The van der Waals surface area contributed by atoms with Gasteiger partial charge in [-0.1, -0.05) is 55.3 Å². The Balaban J connectivity index is 1.62. The standard InChI is InChI=1S/C22H21N5O2/c28-19(23-16-10-4-5-11-16)14-26-18-13-7-6-12-17(18)21-24-20(25-27(21)22(26)29)15-8-2-1-3-9-15/h1-3,6-9,12-13,16H,4-5,10-11,14H2,(H,23,28). The van der Waals surface area contributed by atoms with Crippen LogP contribution in [0.2, 0.25) is 0 Å². The van der Waals surface area contributed by atoms with Crippen molar-refractivity contribution in [3.05, 3.63) is 65.1 Å². The van der Waals surface area contributed by atoms with Crippen LogP contribution >= 0.6 is 0 Å². The summed E-state index contributed by atoms with van der Waals surface area (Å²) >= 11 is 0. The first-order valence-electron chi connectivity index (χ1n) is 9.94. The van der Waals surface area contributed by atoms with Crippen molar-refractivity contribution in [1.82, 2.24) is 24.5 Å². The molecule has 2 aromatic carbocycles. The highest BCUT2D eigenvalue weighted by Gasteiger charge is 2.20. The van der Waals surface area contributed by atoms with Crippen LogP contribution < -0.4 is 11.0 Å². The Morgan fingerprint density at radius 2 is 1.76 bits per heavy atom. The third kappa shape index (κ3) is 3.18. The summed E-state index contributed by atoms with van der Waals surface area (Å²) in [5, 5.41) is 8.29. The number of fused-ring (bicyclic) bond motifs is 3. The highest BCUT2D eigenvalue weighted by molar-refractivity contribution is 5.92. The Morgan fingerprint density at radius 3 is 2.55 bits per heavy atom. The molecule has 4 aromatic rings.